The molecule has 4 heteroatoms. The smallest absolute Gasteiger partial charge is 0.324 e. The van der Waals surface area contributed by atoms with Crippen LogP contribution >= 0.6 is 7.60 Å². The number of benzene rings is 1. The third-order valence-corrected chi connectivity index (χ3v) is 2.78. The highest BCUT2D eigenvalue weighted by Crippen LogP contribution is 2.39. The van der Waals surface area contributed by atoms with Crippen molar-refractivity contribution in [2.24, 2.45) is 0 Å². The highest BCUT2D eigenvalue weighted by atomic mass is 31.2. The van der Waals surface area contributed by atoms with Crippen molar-refractivity contribution in [2.45, 2.75) is 25.9 Å². The maximum Gasteiger partial charge on any atom is 0.329 e. The van der Waals surface area contributed by atoms with E-state index in [-0.39, 0.29) is 6.16 Å². The molecule has 0 aliphatic carbocycles. The van der Waals surface area contributed by atoms with Gasteiger partial charge in [-0.05, 0) is 17.0 Å². The summed E-state index contributed by atoms with van der Waals surface area (Å²) >= 11 is 0. The lowest BCUT2D eigenvalue weighted by Crippen LogP contribution is -1.91. The summed E-state index contributed by atoms with van der Waals surface area (Å²) in [5.41, 5.74) is 1.81. The van der Waals surface area contributed by atoms with Crippen molar-refractivity contribution in [3.63, 3.8) is 0 Å². The van der Waals surface area contributed by atoms with E-state index < -0.39 is 7.60 Å². The third-order valence-electron chi connectivity index (χ3n) is 2.01. The minimum atomic E-state index is -3.94. The molecule has 0 aliphatic rings. The normalized spacial score (nSPS) is 12.1. The van der Waals surface area contributed by atoms with Crippen molar-refractivity contribution < 1.29 is 14.4 Å². The van der Waals surface area contributed by atoms with Crippen LogP contribution in [0.3, 0.4) is 0 Å². The molecule has 1 aromatic carbocycles. The molecule has 0 saturated heterocycles. The maximum absolute atomic E-state index is 10.8. The maximum atomic E-state index is 10.8. The summed E-state index contributed by atoms with van der Waals surface area (Å²) in [6.07, 6.45) is -0.173. The van der Waals surface area contributed by atoms with Gasteiger partial charge >= 0.3 is 7.60 Å². The highest BCUT2D eigenvalue weighted by molar-refractivity contribution is 7.50. The van der Waals surface area contributed by atoms with Crippen molar-refractivity contribution in [2.75, 3.05) is 0 Å². The van der Waals surface area contributed by atoms with E-state index in [9.17, 15) is 4.57 Å². The van der Waals surface area contributed by atoms with Gasteiger partial charge in [0.25, 0.3) is 0 Å². The predicted molar refractivity (Wildman–Crippen MR) is 56.3 cm³/mol. The molecular weight excluding hydrogens is 199 g/mol. The van der Waals surface area contributed by atoms with Gasteiger partial charge in [-0.25, -0.2) is 0 Å². The van der Waals surface area contributed by atoms with E-state index in [0.29, 0.717) is 11.5 Å². The van der Waals surface area contributed by atoms with Crippen LogP contribution in [0.4, 0.5) is 0 Å². The standard InChI is InChI=1S/C10H15O3P/c1-8(2)10-5-3-4-9(6-10)7-14(11,12)13/h3-6,8H,7H2,1-2H3,(H2,11,12,13). The predicted octanol–water partition coefficient (Wildman–Crippen LogP) is 2.49. The van der Waals surface area contributed by atoms with E-state index in [1.54, 1.807) is 6.07 Å². The molecule has 0 bridgehead atoms. The third kappa shape index (κ3) is 3.62. The fraction of sp³-hybridized carbons (Fsp3) is 0.400. The molecule has 0 atom stereocenters. The summed E-state index contributed by atoms with van der Waals surface area (Å²) in [7, 11) is -3.94. The second-order valence-corrected chi connectivity index (χ2v) is 5.37. The summed E-state index contributed by atoms with van der Waals surface area (Å²) in [5, 5.41) is 0. The first-order chi connectivity index (χ1) is 6.38. The van der Waals surface area contributed by atoms with Gasteiger partial charge in [0.2, 0.25) is 0 Å². The van der Waals surface area contributed by atoms with Gasteiger partial charge in [-0.15, -0.1) is 0 Å². The molecule has 0 aliphatic heterocycles. The molecule has 0 heterocycles. The summed E-state index contributed by atoms with van der Waals surface area (Å²) in [6.45, 7) is 4.10. The Kier molecular flexibility index (Phi) is 3.48. The van der Waals surface area contributed by atoms with E-state index in [1.165, 1.54) is 0 Å². The van der Waals surface area contributed by atoms with Crippen LogP contribution < -0.4 is 0 Å². The zero-order valence-electron chi connectivity index (χ0n) is 8.34. The van der Waals surface area contributed by atoms with Crippen molar-refractivity contribution in [1.82, 2.24) is 0 Å². The van der Waals surface area contributed by atoms with E-state index in [1.807, 2.05) is 18.2 Å². The molecule has 0 radical (unpaired) electrons. The average Bonchev–Trinajstić information content (AvgIpc) is 2.01. The fourth-order valence-electron chi connectivity index (χ4n) is 1.29. The highest BCUT2D eigenvalue weighted by Gasteiger charge is 2.14. The van der Waals surface area contributed by atoms with Crippen LogP contribution in [0.25, 0.3) is 0 Å². The molecule has 14 heavy (non-hydrogen) atoms. The van der Waals surface area contributed by atoms with Gasteiger partial charge in [-0.1, -0.05) is 38.1 Å². The molecule has 0 spiro atoms. The SMILES string of the molecule is CC(C)c1cccc(CP(=O)(O)O)c1. The molecule has 1 rings (SSSR count). The molecule has 3 nitrogen and oxygen atoms in total. The summed E-state index contributed by atoms with van der Waals surface area (Å²) in [6, 6.07) is 7.39. The van der Waals surface area contributed by atoms with Crippen LogP contribution in [0.15, 0.2) is 24.3 Å². The van der Waals surface area contributed by atoms with Crippen LogP contribution in [0.2, 0.25) is 0 Å². The van der Waals surface area contributed by atoms with E-state index in [2.05, 4.69) is 13.8 Å². The second kappa shape index (κ2) is 4.26. The van der Waals surface area contributed by atoms with E-state index in [4.69, 9.17) is 9.79 Å². The van der Waals surface area contributed by atoms with Crippen LogP contribution in [0.1, 0.15) is 30.9 Å². The Morgan fingerprint density at radius 3 is 2.50 bits per heavy atom. The zero-order chi connectivity index (χ0) is 10.8. The van der Waals surface area contributed by atoms with Crippen molar-refractivity contribution in [3.8, 4) is 0 Å². The molecule has 0 amide bonds. The molecule has 78 valence electrons. The Hall–Kier alpha value is -0.630. The number of hydrogen-bond acceptors (Lipinski definition) is 1. The Bertz CT molecular complexity index is 354. The Labute approximate surface area is 83.9 Å². The molecule has 1 aromatic rings. The molecule has 0 fully saturated rings. The zero-order valence-corrected chi connectivity index (χ0v) is 9.24. The molecule has 2 N–H and O–H groups in total. The lowest BCUT2D eigenvalue weighted by molar-refractivity contribution is 0.371. The summed E-state index contributed by atoms with van der Waals surface area (Å²) in [5.74, 6) is 0.381. The van der Waals surface area contributed by atoms with Crippen molar-refractivity contribution >= 4 is 7.60 Å². The van der Waals surface area contributed by atoms with Gasteiger partial charge < -0.3 is 9.79 Å². The molecule has 0 saturated carbocycles. The lowest BCUT2D eigenvalue weighted by Gasteiger charge is -2.08. The minimum absolute atomic E-state index is 0.173. The van der Waals surface area contributed by atoms with E-state index in [0.717, 1.165) is 5.56 Å². The van der Waals surface area contributed by atoms with Gasteiger partial charge in [0.1, 0.15) is 0 Å². The first kappa shape index (κ1) is 11.4. The van der Waals surface area contributed by atoms with Gasteiger partial charge in [-0.2, -0.15) is 0 Å². The van der Waals surface area contributed by atoms with Crippen LogP contribution in [0, 0.1) is 0 Å². The lowest BCUT2D eigenvalue weighted by atomic mass is 10.0. The fourth-order valence-corrected chi connectivity index (χ4v) is 1.96. The first-order valence-electron chi connectivity index (χ1n) is 4.52. The molecule has 0 unspecified atom stereocenters. The summed E-state index contributed by atoms with van der Waals surface area (Å²) in [4.78, 5) is 17.6. The number of hydrogen-bond donors (Lipinski definition) is 2. The molecule has 0 aromatic heterocycles. The topological polar surface area (TPSA) is 57.5 Å². The summed E-state index contributed by atoms with van der Waals surface area (Å²) < 4.78 is 10.8. The van der Waals surface area contributed by atoms with Crippen molar-refractivity contribution in [3.05, 3.63) is 35.4 Å². The Morgan fingerprint density at radius 2 is 2.00 bits per heavy atom. The van der Waals surface area contributed by atoms with Crippen LogP contribution in [0.5, 0.6) is 0 Å². The van der Waals surface area contributed by atoms with Crippen molar-refractivity contribution in [1.29, 1.82) is 0 Å². The van der Waals surface area contributed by atoms with E-state index >= 15 is 0 Å². The second-order valence-electron chi connectivity index (χ2n) is 3.72. The Morgan fingerprint density at radius 1 is 1.36 bits per heavy atom. The van der Waals surface area contributed by atoms with Gasteiger partial charge in [0, 0.05) is 0 Å². The van der Waals surface area contributed by atoms with Gasteiger partial charge in [0.05, 0.1) is 6.16 Å². The van der Waals surface area contributed by atoms with Crippen LogP contribution in [-0.4, -0.2) is 9.79 Å². The largest absolute Gasteiger partial charge is 0.329 e. The monoisotopic (exact) mass is 214 g/mol. The quantitative estimate of drug-likeness (QED) is 0.760. The van der Waals surface area contributed by atoms with Gasteiger partial charge in [-0.3, -0.25) is 4.57 Å². The van der Waals surface area contributed by atoms with Crippen LogP contribution in [-0.2, 0) is 10.7 Å². The molecular formula is C10H15O3P. The average molecular weight is 214 g/mol. The Balaban J connectivity index is 2.89. The first-order valence-corrected chi connectivity index (χ1v) is 6.31. The number of rotatable bonds is 3. The van der Waals surface area contributed by atoms with Gasteiger partial charge in [0.15, 0.2) is 0 Å². The minimum Gasteiger partial charge on any atom is -0.324 e.